The van der Waals surface area contributed by atoms with E-state index in [0.29, 0.717) is 17.5 Å². The number of benzene rings is 3. The minimum absolute atomic E-state index is 0.00263. The van der Waals surface area contributed by atoms with Gasteiger partial charge in [0.15, 0.2) is 0 Å². The number of aliphatic hydroxyl groups excluding tert-OH is 1. The van der Waals surface area contributed by atoms with Crippen LogP contribution in [-0.2, 0) is 4.74 Å². The molecular weight excluding hydrogens is 342 g/mol. The number of anilines is 1. The second-order valence-corrected chi connectivity index (χ2v) is 6.53. The van der Waals surface area contributed by atoms with Crippen LogP contribution in [0.2, 0.25) is 0 Å². The van der Waals surface area contributed by atoms with E-state index >= 15 is 0 Å². The molecule has 0 radical (unpaired) electrons. The second-order valence-electron chi connectivity index (χ2n) is 6.53. The van der Waals surface area contributed by atoms with Gasteiger partial charge in [-0.1, -0.05) is 55.5 Å². The van der Waals surface area contributed by atoms with Gasteiger partial charge >= 0.3 is 6.09 Å². The summed E-state index contributed by atoms with van der Waals surface area (Å²) in [5, 5.41) is 23.7. The number of hydrogen-bond acceptors (Lipinski definition) is 4. The van der Waals surface area contributed by atoms with Crippen LogP contribution in [0.4, 0.5) is 10.5 Å². The Morgan fingerprint density at radius 3 is 2.37 bits per heavy atom. The number of nitrogens with one attached hydrogen (secondary N) is 1. The van der Waals surface area contributed by atoms with Crippen molar-refractivity contribution in [1.29, 1.82) is 0 Å². The number of carbonyl (C=O) groups is 1. The first-order chi connectivity index (χ1) is 13.1. The number of para-hydroxylation sites is 1. The summed E-state index contributed by atoms with van der Waals surface area (Å²) in [6.45, 7) is 1.93. The highest BCUT2D eigenvalue weighted by atomic mass is 16.6. The summed E-state index contributed by atoms with van der Waals surface area (Å²) in [5.74, 6) is 0.0705. The molecule has 3 aromatic carbocycles. The molecule has 0 saturated carbocycles. The van der Waals surface area contributed by atoms with Gasteiger partial charge in [0.1, 0.15) is 11.9 Å². The van der Waals surface area contributed by atoms with Crippen LogP contribution < -0.4 is 5.32 Å². The summed E-state index contributed by atoms with van der Waals surface area (Å²) in [6.07, 6.45) is -0.641. The van der Waals surface area contributed by atoms with Gasteiger partial charge in [0.2, 0.25) is 0 Å². The zero-order chi connectivity index (χ0) is 19.2. The summed E-state index contributed by atoms with van der Waals surface area (Å²) < 4.78 is 5.76. The standard InChI is InChI=1S/C22H23NO4/c1-15(13-14-24)21(27-22(26)23-16-7-3-2-4-8-16)19-11-12-20(25)18-10-6-5-9-17(18)19/h2-12,15,21,24-25H,13-14H2,1H3,(H,23,26)/t15-,21-/m1/s1. The van der Waals surface area contributed by atoms with Gasteiger partial charge in [0.05, 0.1) is 0 Å². The van der Waals surface area contributed by atoms with Crippen LogP contribution in [0.1, 0.15) is 25.0 Å². The molecule has 0 spiro atoms. The van der Waals surface area contributed by atoms with Crippen molar-refractivity contribution in [1.82, 2.24) is 0 Å². The maximum Gasteiger partial charge on any atom is 0.412 e. The summed E-state index contributed by atoms with van der Waals surface area (Å²) in [5.41, 5.74) is 1.44. The maximum atomic E-state index is 12.5. The molecule has 0 fully saturated rings. The lowest BCUT2D eigenvalue weighted by Gasteiger charge is -2.25. The molecule has 3 N–H and O–H groups in total. The molecular formula is C22H23NO4. The van der Waals surface area contributed by atoms with Crippen LogP contribution in [0.3, 0.4) is 0 Å². The predicted molar refractivity (Wildman–Crippen MR) is 106 cm³/mol. The van der Waals surface area contributed by atoms with Gasteiger partial charge in [-0.2, -0.15) is 0 Å². The van der Waals surface area contributed by atoms with Crippen molar-refractivity contribution < 1.29 is 19.7 Å². The molecule has 0 heterocycles. The molecule has 0 aliphatic heterocycles. The van der Waals surface area contributed by atoms with E-state index in [9.17, 15) is 15.0 Å². The number of amides is 1. The van der Waals surface area contributed by atoms with Crippen molar-refractivity contribution in [2.75, 3.05) is 11.9 Å². The SMILES string of the molecule is C[C@H](CCO)[C@@H](OC(=O)Nc1ccccc1)c1ccc(O)c2ccccc12. The molecule has 3 rings (SSSR count). The lowest BCUT2D eigenvalue weighted by atomic mass is 9.91. The summed E-state index contributed by atoms with van der Waals surface area (Å²) >= 11 is 0. The van der Waals surface area contributed by atoms with Crippen LogP contribution in [0.5, 0.6) is 5.75 Å². The first-order valence-electron chi connectivity index (χ1n) is 8.94. The first-order valence-corrected chi connectivity index (χ1v) is 8.94. The van der Waals surface area contributed by atoms with E-state index in [1.807, 2.05) is 49.4 Å². The number of hydrogen-bond donors (Lipinski definition) is 3. The zero-order valence-electron chi connectivity index (χ0n) is 15.1. The smallest absolute Gasteiger partial charge is 0.412 e. The highest BCUT2D eigenvalue weighted by Crippen LogP contribution is 2.36. The number of rotatable bonds is 6. The molecule has 0 saturated heterocycles. The topological polar surface area (TPSA) is 78.8 Å². The zero-order valence-corrected chi connectivity index (χ0v) is 15.1. The van der Waals surface area contributed by atoms with E-state index in [2.05, 4.69) is 5.32 Å². The third-order valence-corrected chi connectivity index (χ3v) is 4.60. The number of carbonyl (C=O) groups excluding carboxylic acids is 1. The lowest BCUT2D eigenvalue weighted by molar-refractivity contribution is 0.0676. The van der Waals surface area contributed by atoms with Crippen molar-refractivity contribution in [2.45, 2.75) is 19.4 Å². The molecule has 5 nitrogen and oxygen atoms in total. The Hall–Kier alpha value is -3.05. The van der Waals surface area contributed by atoms with E-state index in [0.717, 1.165) is 10.9 Å². The first kappa shape index (κ1) is 18.7. The minimum Gasteiger partial charge on any atom is -0.507 e. The minimum atomic E-state index is -0.564. The van der Waals surface area contributed by atoms with E-state index < -0.39 is 12.2 Å². The van der Waals surface area contributed by atoms with Crippen LogP contribution in [0.25, 0.3) is 10.8 Å². The molecule has 2 atom stereocenters. The second kappa shape index (κ2) is 8.56. The number of phenolic OH excluding ortho intramolecular Hbond substituents is 1. The van der Waals surface area contributed by atoms with E-state index in [1.54, 1.807) is 24.3 Å². The Bertz CT molecular complexity index is 911. The molecule has 0 aliphatic carbocycles. The van der Waals surface area contributed by atoms with E-state index in [-0.39, 0.29) is 18.3 Å². The molecule has 0 bridgehead atoms. The molecule has 1 amide bonds. The van der Waals surface area contributed by atoms with Crippen molar-refractivity contribution in [2.24, 2.45) is 5.92 Å². The van der Waals surface area contributed by atoms with Crippen LogP contribution in [0, 0.1) is 5.92 Å². The van der Waals surface area contributed by atoms with Crippen LogP contribution >= 0.6 is 0 Å². The Labute approximate surface area is 158 Å². The van der Waals surface area contributed by atoms with Crippen molar-refractivity contribution in [3.05, 3.63) is 72.3 Å². The Balaban J connectivity index is 1.92. The fourth-order valence-corrected chi connectivity index (χ4v) is 3.18. The highest BCUT2D eigenvalue weighted by molar-refractivity contribution is 5.91. The molecule has 0 aromatic heterocycles. The fourth-order valence-electron chi connectivity index (χ4n) is 3.18. The summed E-state index contributed by atoms with van der Waals surface area (Å²) in [4.78, 5) is 12.5. The maximum absolute atomic E-state index is 12.5. The third kappa shape index (κ3) is 4.38. The normalized spacial score (nSPS) is 13.1. The van der Waals surface area contributed by atoms with Gasteiger partial charge in [0.25, 0.3) is 0 Å². The largest absolute Gasteiger partial charge is 0.507 e. The lowest BCUT2D eigenvalue weighted by Crippen LogP contribution is -2.22. The van der Waals surface area contributed by atoms with Crippen LogP contribution in [0.15, 0.2) is 66.7 Å². The molecule has 5 heteroatoms. The quantitative estimate of drug-likeness (QED) is 0.583. The Kier molecular flexibility index (Phi) is 5.94. The average Bonchev–Trinajstić information content (AvgIpc) is 2.68. The van der Waals surface area contributed by atoms with Gasteiger partial charge in [-0.25, -0.2) is 4.79 Å². The van der Waals surface area contributed by atoms with Crippen LogP contribution in [-0.4, -0.2) is 22.9 Å². The predicted octanol–water partition coefficient (Wildman–Crippen LogP) is 4.85. The number of phenols is 1. The highest BCUT2D eigenvalue weighted by Gasteiger charge is 2.25. The molecule has 3 aromatic rings. The van der Waals surface area contributed by atoms with E-state index in [1.165, 1.54) is 0 Å². The molecule has 27 heavy (non-hydrogen) atoms. The molecule has 0 aliphatic rings. The van der Waals surface area contributed by atoms with Gasteiger partial charge < -0.3 is 14.9 Å². The van der Waals surface area contributed by atoms with Gasteiger partial charge in [-0.05, 0) is 35.9 Å². The number of fused-ring (bicyclic) bond motifs is 1. The van der Waals surface area contributed by atoms with Gasteiger partial charge in [-0.15, -0.1) is 0 Å². The summed E-state index contributed by atoms with van der Waals surface area (Å²) in [7, 11) is 0. The van der Waals surface area contributed by atoms with E-state index in [4.69, 9.17) is 4.74 Å². The number of aromatic hydroxyl groups is 1. The number of ether oxygens (including phenoxy) is 1. The summed E-state index contributed by atoms with van der Waals surface area (Å²) in [6, 6.07) is 19.9. The van der Waals surface area contributed by atoms with Gasteiger partial charge in [0, 0.05) is 23.2 Å². The van der Waals surface area contributed by atoms with Gasteiger partial charge in [-0.3, -0.25) is 5.32 Å². The Morgan fingerprint density at radius 2 is 1.67 bits per heavy atom. The van der Waals surface area contributed by atoms with Crippen molar-refractivity contribution in [3.8, 4) is 5.75 Å². The number of aliphatic hydroxyl groups is 1. The molecule has 0 unspecified atom stereocenters. The average molecular weight is 365 g/mol. The Morgan fingerprint density at radius 1 is 1.00 bits per heavy atom. The monoisotopic (exact) mass is 365 g/mol. The fraction of sp³-hybridized carbons (Fsp3) is 0.227. The van der Waals surface area contributed by atoms with Crippen molar-refractivity contribution in [3.63, 3.8) is 0 Å². The molecule has 140 valence electrons. The van der Waals surface area contributed by atoms with Crippen molar-refractivity contribution >= 4 is 22.6 Å². The third-order valence-electron chi connectivity index (χ3n) is 4.60.